The molecule has 2 nitrogen and oxygen atoms in total. The minimum atomic E-state index is 0.231. The van der Waals surface area contributed by atoms with Crippen LogP contribution in [0.2, 0.25) is 5.02 Å². The SMILES string of the molecule is Clc1ccc(NC2=NC(c3ccccc3)CS2)c(Br)c1. The summed E-state index contributed by atoms with van der Waals surface area (Å²) in [5.41, 5.74) is 2.24. The van der Waals surface area contributed by atoms with Gasteiger partial charge in [-0.05, 0) is 39.7 Å². The number of nitrogens with zero attached hydrogens (tertiary/aromatic N) is 1. The molecule has 5 heteroatoms. The van der Waals surface area contributed by atoms with Gasteiger partial charge in [-0.2, -0.15) is 0 Å². The van der Waals surface area contributed by atoms with Gasteiger partial charge >= 0.3 is 0 Å². The molecule has 0 saturated heterocycles. The molecular weight excluding hydrogens is 356 g/mol. The highest BCUT2D eigenvalue weighted by molar-refractivity contribution is 9.10. The topological polar surface area (TPSA) is 24.4 Å². The third-order valence-corrected chi connectivity index (χ3v) is 4.86. The number of hydrogen-bond acceptors (Lipinski definition) is 3. The first-order chi connectivity index (χ1) is 9.72. The highest BCUT2D eigenvalue weighted by Crippen LogP contribution is 2.32. The second kappa shape index (κ2) is 6.20. The van der Waals surface area contributed by atoms with Gasteiger partial charge in [0.25, 0.3) is 0 Å². The van der Waals surface area contributed by atoms with Crippen molar-refractivity contribution in [2.45, 2.75) is 6.04 Å². The van der Waals surface area contributed by atoms with Crippen molar-refractivity contribution < 1.29 is 0 Å². The van der Waals surface area contributed by atoms with Crippen molar-refractivity contribution >= 4 is 50.1 Å². The first-order valence-electron chi connectivity index (χ1n) is 6.20. The molecule has 102 valence electrons. The molecule has 1 N–H and O–H groups in total. The maximum atomic E-state index is 5.94. The quantitative estimate of drug-likeness (QED) is 0.773. The molecule has 0 radical (unpaired) electrons. The Bertz CT molecular complexity index is 646. The van der Waals surface area contributed by atoms with E-state index in [4.69, 9.17) is 16.6 Å². The molecule has 20 heavy (non-hydrogen) atoms. The van der Waals surface area contributed by atoms with Crippen LogP contribution in [0.15, 0.2) is 58.0 Å². The summed E-state index contributed by atoms with van der Waals surface area (Å²) in [6.45, 7) is 0. The Morgan fingerprint density at radius 1 is 1.20 bits per heavy atom. The molecule has 1 aliphatic rings. The van der Waals surface area contributed by atoms with Gasteiger partial charge in [-0.1, -0.05) is 53.7 Å². The molecule has 1 aliphatic heterocycles. The number of aliphatic imine (C=N–C) groups is 1. The Labute approximate surface area is 135 Å². The second-order valence-electron chi connectivity index (χ2n) is 4.42. The number of nitrogens with one attached hydrogen (secondary N) is 1. The van der Waals surface area contributed by atoms with E-state index in [1.165, 1.54) is 5.56 Å². The summed E-state index contributed by atoms with van der Waals surface area (Å²) < 4.78 is 0.941. The predicted octanol–water partition coefficient (Wildman–Crippen LogP) is 5.36. The van der Waals surface area contributed by atoms with E-state index in [9.17, 15) is 0 Å². The average Bonchev–Trinajstić information content (AvgIpc) is 2.92. The van der Waals surface area contributed by atoms with Gasteiger partial charge in [0.05, 0.1) is 11.7 Å². The fourth-order valence-corrected chi connectivity index (χ4v) is 3.74. The molecule has 1 unspecified atom stereocenters. The zero-order valence-corrected chi connectivity index (χ0v) is 13.7. The zero-order valence-electron chi connectivity index (χ0n) is 10.5. The van der Waals surface area contributed by atoms with E-state index < -0.39 is 0 Å². The lowest BCUT2D eigenvalue weighted by Gasteiger charge is -2.07. The van der Waals surface area contributed by atoms with Crippen molar-refractivity contribution in [3.63, 3.8) is 0 Å². The zero-order chi connectivity index (χ0) is 13.9. The highest BCUT2D eigenvalue weighted by atomic mass is 79.9. The third kappa shape index (κ3) is 3.19. The average molecular weight is 368 g/mol. The van der Waals surface area contributed by atoms with Crippen molar-refractivity contribution in [2.24, 2.45) is 4.99 Å². The van der Waals surface area contributed by atoms with Gasteiger partial charge in [0.15, 0.2) is 5.17 Å². The number of thioether (sulfide) groups is 1. The molecule has 0 saturated carbocycles. The normalized spacial score (nSPS) is 17.9. The van der Waals surface area contributed by atoms with Crippen LogP contribution in [0.4, 0.5) is 5.69 Å². The summed E-state index contributed by atoms with van der Waals surface area (Å²) in [5.74, 6) is 0.970. The molecule has 2 aromatic rings. The van der Waals surface area contributed by atoms with E-state index in [2.05, 4.69) is 45.5 Å². The van der Waals surface area contributed by atoms with Crippen LogP contribution in [0.3, 0.4) is 0 Å². The van der Waals surface area contributed by atoms with Crippen LogP contribution in [-0.2, 0) is 0 Å². The van der Waals surface area contributed by atoms with Crippen LogP contribution in [0.1, 0.15) is 11.6 Å². The molecule has 0 aromatic heterocycles. The number of amidine groups is 1. The van der Waals surface area contributed by atoms with Crippen molar-refractivity contribution in [2.75, 3.05) is 11.1 Å². The van der Waals surface area contributed by atoms with Crippen LogP contribution in [0.5, 0.6) is 0 Å². The van der Waals surface area contributed by atoms with Gasteiger partial charge in [-0.3, -0.25) is 4.99 Å². The molecule has 1 heterocycles. The van der Waals surface area contributed by atoms with Crippen molar-refractivity contribution in [1.29, 1.82) is 0 Å². The molecular formula is C15H12BrClN2S. The van der Waals surface area contributed by atoms with Crippen LogP contribution in [0.25, 0.3) is 0 Å². The highest BCUT2D eigenvalue weighted by Gasteiger charge is 2.20. The second-order valence-corrected chi connectivity index (χ2v) is 6.72. The van der Waals surface area contributed by atoms with Gasteiger partial charge in [0, 0.05) is 15.2 Å². The molecule has 0 spiro atoms. The summed E-state index contributed by atoms with van der Waals surface area (Å²) in [6.07, 6.45) is 0. The maximum absolute atomic E-state index is 5.94. The lowest BCUT2D eigenvalue weighted by molar-refractivity contribution is 0.849. The molecule has 0 bridgehead atoms. The van der Waals surface area contributed by atoms with Crippen LogP contribution in [0, 0.1) is 0 Å². The van der Waals surface area contributed by atoms with Crippen molar-refractivity contribution in [1.82, 2.24) is 0 Å². The summed E-state index contributed by atoms with van der Waals surface area (Å²) in [6, 6.07) is 16.3. The minimum absolute atomic E-state index is 0.231. The van der Waals surface area contributed by atoms with Crippen molar-refractivity contribution in [3.8, 4) is 0 Å². The Kier molecular flexibility index (Phi) is 4.34. The Hall–Kier alpha value is -0.970. The lowest BCUT2D eigenvalue weighted by Crippen LogP contribution is -2.05. The van der Waals surface area contributed by atoms with Crippen LogP contribution >= 0.6 is 39.3 Å². The molecule has 1 atom stereocenters. The number of anilines is 1. The van der Waals surface area contributed by atoms with E-state index in [1.807, 2.05) is 24.3 Å². The van der Waals surface area contributed by atoms with Gasteiger partial charge in [0.2, 0.25) is 0 Å². The van der Waals surface area contributed by atoms with Crippen LogP contribution in [-0.4, -0.2) is 10.9 Å². The van der Waals surface area contributed by atoms with Crippen molar-refractivity contribution in [3.05, 3.63) is 63.6 Å². The van der Waals surface area contributed by atoms with Gasteiger partial charge in [0.1, 0.15) is 0 Å². The number of hydrogen-bond donors (Lipinski definition) is 1. The first kappa shape index (κ1) is 14.0. The fraction of sp³-hybridized carbons (Fsp3) is 0.133. The third-order valence-electron chi connectivity index (χ3n) is 3.01. The van der Waals surface area contributed by atoms with Gasteiger partial charge in [-0.15, -0.1) is 0 Å². The van der Waals surface area contributed by atoms with E-state index in [0.717, 1.165) is 21.1 Å². The largest absolute Gasteiger partial charge is 0.334 e. The minimum Gasteiger partial charge on any atom is -0.334 e. The molecule has 3 rings (SSSR count). The smallest absolute Gasteiger partial charge is 0.161 e. The Balaban J connectivity index is 1.76. The lowest BCUT2D eigenvalue weighted by atomic mass is 10.1. The number of rotatable bonds is 2. The van der Waals surface area contributed by atoms with Gasteiger partial charge in [-0.25, -0.2) is 0 Å². The summed E-state index contributed by atoms with van der Waals surface area (Å²) in [4.78, 5) is 4.73. The molecule has 0 aliphatic carbocycles. The standard InChI is InChI=1S/C15H12BrClN2S/c16-12-8-11(17)6-7-13(12)18-15-19-14(9-20-15)10-4-2-1-3-5-10/h1-8,14H,9H2,(H,18,19). The van der Waals surface area contributed by atoms with Gasteiger partial charge < -0.3 is 5.32 Å². The summed E-state index contributed by atoms with van der Waals surface area (Å²) >= 11 is 11.2. The molecule has 2 aromatic carbocycles. The summed E-state index contributed by atoms with van der Waals surface area (Å²) in [7, 11) is 0. The number of benzene rings is 2. The fourth-order valence-electron chi connectivity index (χ4n) is 1.99. The molecule has 0 fully saturated rings. The molecule has 0 amide bonds. The Morgan fingerprint density at radius 2 is 2.00 bits per heavy atom. The predicted molar refractivity (Wildman–Crippen MR) is 91.9 cm³/mol. The van der Waals surface area contributed by atoms with E-state index in [-0.39, 0.29) is 6.04 Å². The summed E-state index contributed by atoms with van der Waals surface area (Å²) in [5, 5.41) is 5.00. The van der Waals surface area contributed by atoms with Crippen LogP contribution < -0.4 is 5.32 Å². The maximum Gasteiger partial charge on any atom is 0.161 e. The monoisotopic (exact) mass is 366 g/mol. The van der Waals surface area contributed by atoms with E-state index >= 15 is 0 Å². The van der Waals surface area contributed by atoms with E-state index in [1.54, 1.807) is 11.8 Å². The van der Waals surface area contributed by atoms with E-state index in [0.29, 0.717) is 5.02 Å². The Morgan fingerprint density at radius 3 is 2.75 bits per heavy atom. The number of halogens is 2. The first-order valence-corrected chi connectivity index (χ1v) is 8.35.